The van der Waals surface area contributed by atoms with Crippen LogP contribution >= 0.6 is 23.2 Å². The summed E-state index contributed by atoms with van der Waals surface area (Å²) in [7, 11) is 1.63. The first kappa shape index (κ1) is 14.8. The van der Waals surface area contributed by atoms with Gasteiger partial charge in [0.2, 0.25) is 0 Å². The minimum atomic E-state index is 0.523. The molecule has 0 unspecified atom stereocenters. The maximum atomic E-state index is 6.05. The standard InChI is InChI=1S/C15H15Cl2NO2/c1-19-12-3-5-13(6-4-12)20-9-8-18-15-10-11(16)2-7-14(15)17/h2-7,10,18H,8-9H2,1H3. The fourth-order valence-electron chi connectivity index (χ4n) is 1.66. The Morgan fingerprint density at radius 2 is 1.70 bits per heavy atom. The summed E-state index contributed by atoms with van der Waals surface area (Å²) < 4.78 is 10.7. The average Bonchev–Trinajstić information content (AvgIpc) is 2.47. The van der Waals surface area contributed by atoms with Crippen LogP contribution in [-0.2, 0) is 0 Å². The van der Waals surface area contributed by atoms with Gasteiger partial charge in [-0.15, -0.1) is 0 Å². The topological polar surface area (TPSA) is 30.5 Å². The molecule has 0 bridgehead atoms. The predicted octanol–water partition coefficient (Wildman–Crippen LogP) is 4.49. The van der Waals surface area contributed by atoms with Crippen molar-refractivity contribution in [2.24, 2.45) is 0 Å². The van der Waals surface area contributed by atoms with E-state index in [1.54, 1.807) is 25.3 Å². The molecule has 20 heavy (non-hydrogen) atoms. The van der Waals surface area contributed by atoms with Crippen LogP contribution in [0.3, 0.4) is 0 Å². The van der Waals surface area contributed by atoms with Gasteiger partial charge in [-0.05, 0) is 42.5 Å². The lowest BCUT2D eigenvalue weighted by Crippen LogP contribution is -2.11. The van der Waals surface area contributed by atoms with Gasteiger partial charge in [-0.25, -0.2) is 0 Å². The highest BCUT2D eigenvalue weighted by Crippen LogP contribution is 2.25. The van der Waals surface area contributed by atoms with E-state index in [1.807, 2.05) is 24.3 Å². The van der Waals surface area contributed by atoms with Gasteiger partial charge in [0, 0.05) is 11.6 Å². The molecule has 0 spiro atoms. The molecule has 0 radical (unpaired) electrons. The van der Waals surface area contributed by atoms with Gasteiger partial charge in [0.1, 0.15) is 18.1 Å². The molecule has 0 saturated heterocycles. The Hall–Kier alpha value is -1.58. The zero-order valence-electron chi connectivity index (χ0n) is 11.0. The van der Waals surface area contributed by atoms with E-state index in [2.05, 4.69) is 5.32 Å². The molecule has 0 aromatic heterocycles. The van der Waals surface area contributed by atoms with Gasteiger partial charge in [0.25, 0.3) is 0 Å². The van der Waals surface area contributed by atoms with E-state index in [1.165, 1.54) is 0 Å². The van der Waals surface area contributed by atoms with Crippen molar-refractivity contribution in [3.63, 3.8) is 0 Å². The minimum absolute atomic E-state index is 0.523. The van der Waals surface area contributed by atoms with Gasteiger partial charge in [-0.3, -0.25) is 0 Å². The second-order valence-corrected chi connectivity index (χ2v) is 4.92. The number of methoxy groups -OCH3 is 1. The lowest BCUT2D eigenvalue weighted by atomic mass is 10.3. The molecule has 0 aliphatic carbocycles. The zero-order valence-corrected chi connectivity index (χ0v) is 12.5. The van der Waals surface area contributed by atoms with Gasteiger partial charge in [0.05, 0.1) is 17.8 Å². The number of rotatable bonds is 6. The molecule has 0 aliphatic rings. The summed E-state index contributed by atoms with van der Waals surface area (Å²) in [5.74, 6) is 1.60. The third-order valence-electron chi connectivity index (χ3n) is 2.67. The number of anilines is 1. The summed E-state index contributed by atoms with van der Waals surface area (Å²) in [6, 6.07) is 12.8. The van der Waals surface area contributed by atoms with Crippen LogP contribution in [0.15, 0.2) is 42.5 Å². The predicted molar refractivity (Wildman–Crippen MR) is 83.4 cm³/mol. The SMILES string of the molecule is COc1ccc(OCCNc2cc(Cl)ccc2Cl)cc1. The lowest BCUT2D eigenvalue weighted by molar-refractivity contribution is 0.332. The maximum absolute atomic E-state index is 6.05. The number of hydrogen-bond acceptors (Lipinski definition) is 3. The fraction of sp³-hybridized carbons (Fsp3) is 0.200. The molecular weight excluding hydrogens is 297 g/mol. The Labute approximate surface area is 128 Å². The molecule has 1 N–H and O–H groups in total. The number of hydrogen-bond donors (Lipinski definition) is 1. The summed E-state index contributed by atoms with van der Waals surface area (Å²) in [4.78, 5) is 0. The van der Waals surface area contributed by atoms with E-state index in [9.17, 15) is 0 Å². The third-order valence-corrected chi connectivity index (χ3v) is 3.24. The van der Waals surface area contributed by atoms with Crippen molar-refractivity contribution in [1.29, 1.82) is 0 Å². The van der Waals surface area contributed by atoms with Crippen molar-refractivity contribution >= 4 is 28.9 Å². The molecule has 106 valence electrons. The van der Waals surface area contributed by atoms with E-state index < -0.39 is 0 Å². The van der Waals surface area contributed by atoms with Gasteiger partial charge >= 0.3 is 0 Å². The molecule has 0 aliphatic heterocycles. The van der Waals surface area contributed by atoms with Crippen LogP contribution < -0.4 is 14.8 Å². The van der Waals surface area contributed by atoms with Crippen LogP contribution in [0.2, 0.25) is 10.0 Å². The summed E-state index contributed by atoms with van der Waals surface area (Å²) in [6.07, 6.45) is 0. The summed E-state index contributed by atoms with van der Waals surface area (Å²) in [6.45, 7) is 1.15. The van der Waals surface area contributed by atoms with E-state index in [-0.39, 0.29) is 0 Å². The maximum Gasteiger partial charge on any atom is 0.119 e. The number of halogens is 2. The van der Waals surface area contributed by atoms with Crippen LogP contribution in [0.25, 0.3) is 0 Å². The molecule has 0 amide bonds. The molecule has 2 aromatic rings. The highest BCUT2D eigenvalue weighted by molar-refractivity contribution is 6.35. The molecule has 0 atom stereocenters. The Balaban J connectivity index is 1.79. The largest absolute Gasteiger partial charge is 0.497 e. The smallest absolute Gasteiger partial charge is 0.119 e. The second-order valence-electron chi connectivity index (χ2n) is 4.07. The molecular formula is C15H15Cl2NO2. The molecule has 3 nitrogen and oxygen atoms in total. The fourth-order valence-corrected chi connectivity index (χ4v) is 2.02. The van der Waals surface area contributed by atoms with Gasteiger partial charge in [-0.2, -0.15) is 0 Å². The van der Waals surface area contributed by atoms with E-state index >= 15 is 0 Å². The zero-order chi connectivity index (χ0) is 14.4. The number of ether oxygens (including phenoxy) is 2. The molecule has 5 heteroatoms. The second kappa shape index (κ2) is 7.27. The Kier molecular flexibility index (Phi) is 5.39. The van der Waals surface area contributed by atoms with E-state index in [0.29, 0.717) is 23.2 Å². The summed E-state index contributed by atoms with van der Waals surface area (Å²) in [5, 5.41) is 4.46. The van der Waals surface area contributed by atoms with Crippen molar-refractivity contribution in [2.75, 3.05) is 25.6 Å². The highest BCUT2D eigenvalue weighted by Gasteiger charge is 2.01. The van der Waals surface area contributed by atoms with E-state index in [4.69, 9.17) is 32.7 Å². The quantitative estimate of drug-likeness (QED) is 0.797. The Bertz CT molecular complexity index is 558. The molecule has 2 rings (SSSR count). The Morgan fingerprint density at radius 1 is 1.00 bits per heavy atom. The van der Waals surface area contributed by atoms with Crippen LogP contribution in [0.5, 0.6) is 11.5 Å². The lowest BCUT2D eigenvalue weighted by Gasteiger charge is -2.10. The first-order valence-electron chi connectivity index (χ1n) is 6.15. The minimum Gasteiger partial charge on any atom is -0.497 e. The molecule has 0 heterocycles. The number of benzene rings is 2. The van der Waals surface area contributed by atoms with Crippen molar-refractivity contribution in [1.82, 2.24) is 0 Å². The Morgan fingerprint density at radius 3 is 2.40 bits per heavy atom. The van der Waals surface area contributed by atoms with Crippen molar-refractivity contribution in [3.05, 3.63) is 52.5 Å². The van der Waals surface area contributed by atoms with Crippen molar-refractivity contribution in [2.45, 2.75) is 0 Å². The van der Waals surface area contributed by atoms with Crippen molar-refractivity contribution in [3.8, 4) is 11.5 Å². The van der Waals surface area contributed by atoms with E-state index in [0.717, 1.165) is 17.2 Å². The first-order valence-corrected chi connectivity index (χ1v) is 6.90. The monoisotopic (exact) mass is 311 g/mol. The summed E-state index contributed by atoms with van der Waals surface area (Å²) >= 11 is 12.0. The van der Waals surface area contributed by atoms with Crippen LogP contribution in [0.1, 0.15) is 0 Å². The first-order chi connectivity index (χ1) is 9.69. The van der Waals surface area contributed by atoms with Gasteiger partial charge in [-0.1, -0.05) is 23.2 Å². The molecule has 0 saturated carbocycles. The highest BCUT2D eigenvalue weighted by atomic mass is 35.5. The number of nitrogens with one attached hydrogen (secondary N) is 1. The average molecular weight is 312 g/mol. The van der Waals surface area contributed by atoms with Crippen LogP contribution in [0, 0.1) is 0 Å². The van der Waals surface area contributed by atoms with Gasteiger partial charge < -0.3 is 14.8 Å². The summed E-state index contributed by atoms with van der Waals surface area (Å²) in [5.41, 5.74) is 0.803. The normalized spacial score (nSPS) is 10.2. The van der Waals surface area contributed by atoms with Crippen LogP contribution in [-0.4, -0.2) is 20.3 Å². The van der Waals surface area contributed by atoms with Gasteiger partial charge in [0.15, 0.2) is 0 Å². The van der Waals surface area contributed by atoms with Crippen LogP contribution in [0.4, 0.5) is 5.69 Å². The molecule has 0 fully saturated rings. The third kappa shape index (κ3) is 4.22. The molecule has 2 aromatic carbocycles. The van der Waals surface area contributed by atoms with Crippen molar-refractivity contribution < 1.29 is 9.47 Å².